The van der Waals surface area contributed by atoms with Crippen molar-refractivity contribution in [2.75, 3.05) is 27.2 Å². The van der Waals surface area contributed by atoms with Crippen LogP contribution in [0.15, 0.2) is 0 Å². The van der Waals surface area contributed by atoms with E-state index in [1.807, 2.05) is 14.1 Å². The van der Waals surface area contributed by atoms with Gasteiger partial charge >= 0.3 is 0 Å². The number of hydrogen-bond acceptors (Lipinski definition) is 3. The highest BCUT2D eigenvalue weighted by Crippen LogP contribution is 1.95. The Labute approximate surface area is 106 Å². The van der Waals surface area contributed by atoms with Crippen molar-refractivity contribution in [2.45, 2.75) is 52.1 Å². The second-order valence-corrected chi connectivity index (χ2v) is 5.27. The molecule has 0 aromatic carbocycles. The van der Waals surface area contributed by atoms with E-state index in [-0.39, 0.29) is 11.9 Å². The van der Waals surface area contributed by atoms with Gasteiger partial charge in [-0.25, -0.2) is 0 Å². The molecule has 0 saturated carbocycles. The van der Waals surface area contributed by atoms with E-state index in [0.717, 1.165) is 25.9 Å². The van der Waals surface area contributed by atoms with Crippen LogP contribution >= 0.6 is 0 Å². The van der Waals surface area contributed by atoms with E-state index in [1.54, 1.807) is 0 Å². The fraction of sp³-hybridized carbons (Fsp3) is 0.923. The third-order valence-electron chi connectivity index (χ3n) is 2.55. The highest BCUT2D eigenvalue weighted by Gasteiger charge is 2.07. The Kier molecular flexibility index (Phi) is 9.09. The standard InChI is InChI=1S/C13H29N3O/c1-11(2)14-9-6-7-13(17)15-12(3)8-10-16(4)5/h11-12,14H,6-10H2,1-5H3,(H,15,17). The molecule has 0 aromatic heterocycles. The summed E-state index contributed by atoms with van der Waals surface area (Å²) in [6, 6.07) is 0.764. The predicted octanol–water partition coefficient (Wildman–Crippen LogP) is 1.22. The molecule has 0 aromatic rings. The number of nitrogens with one attached hydrogen (secondary N) is 2. The Morgan fingerprint density at radius 1 is 1.24 bits per heavy atom. The summed E-state index contributed by atoms with van der Waals surface area (Å²) in [5, 5.41) is 6.34. The lowest BCUT2D eigenvalue weighted by atomic mass is 10.2. The largest absolute Gasteiger partial charge is 0.354 e. The summed E-state index contributed by atoms with van der Waals surface area (Å²) in [5.41, 5.74) is 0. The predicted molar refractivity (Wildman–Crippen MR) is 73.1 cm³/mol. The van der Waals surface area contributed by atoms with Gasteiger partial charge in [0, 0.05) is 18.5 Å². The van der Waals surface area contributed by atoms with Gasteiger partial charge in [-0.05, 0) is 47.0 Å². The molecule has 0 heterocycles. The highest BCUT2D eigenvalue weighted by atomic mass is 16.1. The van der Waals surface area contributed by atoms with Gasteiger partial charge in [0.25, 0.3) is 0 Å². The lowest BCUT2D eigenvalue weighted by Gasteiger charge is -2.16. The molecule has 0 bridgehead atoms. The summed E-state index contributed by atoms with van der Waals surface area (Å²) in [4.78, 5) is 13.7. The second-order valence-electron chi connectivity index (χ2n) is 5.27. The van der Waals surface area contributed by atoms with Gasteiger partial charge in [-0.1, -0.05) is 13.8 Å². The number of carbonyl (C=O) groups is 1. The van der Waals surface area contributed by atoms with Crippen molar-refractivity contribution in [1.29, 1.82) is 0 Å². The van der Waals surface area contributed by atoms with E-state index >= 15 is 0 Å². The lowest BCUT2D eigenvalue weighted by Crippen LogP contribution is -2.35. The quantitative estimate of drug-likeness (QED) is 0.599. The zero-order chi connectivity index (χ0) is 13.3. The molecule has 17 heavy (non-hydrogen) atoms. The Bertz CT molecular complexity index is 205. The van der Waals surface area contributed by atoms with Crippen LogP contribution in [0.5, 0.6) is 0 Å². The topological polar surface area (TPSA) is 44.4 Å². The Balaban J connectivity index is 3.50. The van der Waals surface area contributed by atoms with Gasteiger partial charge in [-0.2, -0.15) is 0 Å². The summed E-state index contributed by atoms with van der Waals surface area (Å²) >= 11 is 0. The average Bonchev–Trinajstić information content (AvgIpc) is 2.21. The molecule has 0 spiro atoms. The van der Waals surface area contributed by atoms with Crippen molar-refractivity contribution >= 4 is 5.91 Å². The average molecular weight is 243 g/mol. The van der Waals surface area contributed by atoms with Crippen LogP contribution < -0.4 is 10.6 Å². The number of nitrogens with zero attached hydrogens (tertiary/aromatic N) is 1. The number of hydrogen-bond donors (Lipinski definition) is 2. The smallest absolute Gasteiger partial charge is 0.220 e. The first-order chi connectivity index (χ1) is 7.91. The van der Waals surface area contributed by atoms with Crippen molar-refractivity contribution in [3.8, 4) is 0 Å². The monoisotopic (exact) mass is 243 g/mol. The molecule has 102 valence electrons. The Hall–Kier alpha value is -0.610. The van der Waals surface area contributed by atoms with Gasteiger partial charge in [-0.3, -0.25) is 4.79 Å². The molecule has 0 fully saturated rings. The van der Waals surface area contributed by atoms with Gasteiger partial charge in [0.05, 0.1) is 0 Å². The van der Waals surface area contributed by atoms with Crippen LogP contribution in [-0.2, 0) is 4.79 Å². The zero-order valence-electron chi connectivity index (χ0n) is 12.0. The molecule has 1 unspecified atom stereocenters. The molecule has 0 aliphatic heterocycles. The summed E-state index contributed by atoms with van der Waals surface area (Å²) in [5.74, 6) is 0.168. The second kappa shape index (κ2) is 9.42. The molecule has 2 N–H and O–H groups in total. The molecule has 4 nitrogen and oxygen atoms in total. The molecule has 0 saturated heterocycles. The van der Waals surface area contributed by atoms with Crippen molar-refractivity contribution in [1.82, 2.24) is 15.5 Å². The fourth-order valence-corrected chi connectivity index (χ4v) is 1.51. The summed E-state index contributed by atoms with van der Waals surface area (Å²) in [6.07, 6.45) is 2.53. The zero-order valence-corrected chi connectivity index (χ0v) is 12.0. The van der Waals surface area contributed by atoms with Crippen LogP contribution in [0.2, 0.25) is 0 Å². The Morgan fingerprint density at radius 3 is 2.41 bits per heavy atom. The van der Waals surface area contributed by atoms with Gasteiger partial charge in [0.1, 0.15) is 0 Å². The molecule has 4 heteroatoms. The van der Waals surface area contributed by atoms with Crippen LogP contribution in [0.3, 0.4) is 0 Å². The number of rotatable bonds is 9. The maximum absolute atomic E-state index is 11.6. The van der Waals surface area contributed by atoms with Crippen LogP contribution in [0.25, 0.3) is 0 Å². The van der Waals surface area contributed by atoms with E-state index in [1.165, 1.54) is 0 Å². The summed E-state index contributed by atoms with van der Waals surface area (Å²) in [7, 11) is 4.10. The molecular weight excluding hydrogens is 214 g/mol. The maximum Gasteiger partial charge on any atom is 0.220 e. The number of carbonyl (C=O) groups excluding carboxylic acids is 1. The van der Waals surface area contributed by atoms with Crippen molar-refractivity contribution in [3.05, 3.63) is 0 Å². The van der Waals surface area contributed by atoms with Gasteiger partial charge in [0.2, 0.25) is 5.91 Å². The van der Waals surface area contributed by atoms with Gasteiger partial charge < -0.3 is 15.5 Å². The SMILES string of the molecule is CC(C)NCCCC(=O)NC(C)CCN(C)C. The van der Waals surface area contributed by atoms with E-state index in [0.29, 0.717) is 12.5 Å². The fourth-order valence-electron chi connectivity index (χ4n) is 1.51. The third kappa shape index (κ3) is 11.6. The molecule has 0 aliphatic carbocycles. The van der Waals surface area contributed by atoms with Gasteiger partial charge in [-0.15, -0.1) is 0 Å². The minimum absolute atomic E-state index is 0.168. The summed E-state index contributed by atoms with van der Waals surface area (Å²) in [6.45, 7) is 8.22. The summed E-state index contributed by atoms with van der Waals surface area (Å²) < 4.78 is 0. The van der Waals surface area contributed by atoms with E-state index in [9.17, 15) is 4.79 Å². The Morgan fingerprint density at radius 2 is 1.88 bits per heavy atom. The lowest BCUT2D eigenvalue weighted by molar-refractivity contribution is -0.121. The van der Waals surface area contributed by atoms with Crippen molar-refractivity contribution in [3.63, 3.8) is 0 Å². The minimum Gasteiger partial charge on any atom is -0.354 e. The molecule has 0 rings (SSSR count). The molecule has 0 radical (unpaired) electrons. The molecule has 1 atom stereocenters. The van der Waals surface area contributed by atoms with Crippen molar-refractivity contribution < 1.29 is 4.79 Å². The first-order valence-electron chi connectivity index (χ1n) is 6.59. The van der Waals surface area contributed by atoms with E-state index < -0.39 is 0 Å². The van der Waals surface area contributed by atoms with Crippen molar-refractivity contribution in [2.24, 2.45) is 0 Å². The first-order valence-corrected chi connectivity index (χ1v) is 6.59. The minimum atomic E-state index is 0.168. The van der Waals surface area contributed by atoms with E-state index in [2.05, 4.69) is 36.3 Å². The van der Waals surface area contributed by atoms with Crippen LogP contribution in [0.1, 0.15) is 40.0 Å². The van der Waals surface area contributed by atoms with Crippen LogP contribution in [0, 0.1) is 0 Å². The molecule has 1 amide bonds. The highest BCUT2D eigenvalue weighted by molar-refractivity contribution is 5.76. The normalized spacial score (nSPS) is 13.1. The van der Waals surface area contributed by atoms with Gasteiger partial charge in [0.15, 0.2) is 0 Å². The first kappa shape index (κ1) is 16.4. The maximum atomic E-state index is 11.6. The molecule has 0 aliphatic rings. The third-order valence-corrected chi connectivity index (χ3v) is 2.55. The number of amides is 1. The van der Waals surface area contributed by atoms with Crippen LogP contribution in [-0.4, -0.2) is 50.1 Å². The van der Waals surface area contributed by atoms with E-state index in [4.69, 9.17) is 0 Å². The van der Waals surface area contributed by atoms with Crippen LogP contribution in [0.4, 0.5) is 0 Å². The molecular formula is C13H29N3O.